The number of para-hydroxylation sites is 1. The Labute approximate surface area is 143 Å². The second-order valence-electron chi connectivity index (χ2n) is 6.80. The van der Waals surface area contributed by atoms with Crippen LogP contribution in [0.3, 0.4) is 0 Å². The van der Waals surface area contributed by atoms with Crippen LogP contribution in [-0.4, -0.2) is 56.8 Å². The van der Waals surface area contributed by atoms with Gasteiger partial charge in [0, 0.05) is 25.8 Å². The van der Waals surface area contributed by atoms with Crippen LogP contribution >= 0.6 is 0 Å². The summed E-state index contributed by atoms with van der Waals surface area (Å²) in [7, 11) is 0.118. The van der Waals surface area contributed by atoms with Gasteiger partial charge in [0.25, 0.3) is 0 Å². The molecular weight excluding hydrogens is 328 g/mol. The van der Waals surface area contributed by atoms with Gasteiger partial charge in [0.15, 0.2) is 9.84 Å². The number of hydrogen-bond acceptors (Lipinski definition) is 4. The number of nitrogens with zero attached hydrogens (tertiary/aromatic N) is 2. The summed E-state index contributed by atoms with van der Waals surface area (Å²) in [4.78, 5) is 28.5. The van der Waals surface area contributed by atoms with Gasteiger partial charge >= 0.3 is 0 Å². The molecule has 1 unspecified atom stereocenters. The maximum absolute atomic E-state index is 12.8. The van der Waals surface area contributed by atoms with Crippen molar-refractivity contribution in [2.45, 2.75) is 26.3 Å². The van der Waals surface area contributed by atoms with Gasteiger partial charge < -0.3 is 9.80 Å². The molecule has 1 atom stereocenters. The Hall–Kier alpha value is -1.89. The number of benzene rings is 1. The van der Waals surface area contributed by atoms with Gasteiger partial charge in [0.1, 0.15) is 5.41 Å². The molecular formula is C17H24N2O4S. The Morgan fingerprint density at radius 3 is 2.17 bits per heavy atom. The molecule has 1 aliphatic heterocycles. The molecule has 1 fully saturated rings. The number of carbonyl (C=O) groups is 2. The van der Waals surface area contributed by atoms with Crippen molar-refractivity contribution in [2.75, 3.05) is 30.5 Å². The Bertz CT molecular complexity index is 728. The van der Waals surface area contributed by atoms with Crippen molar-refractivity contribution in [3.8, 4) is 0 Å². The molecule has 2 amide bonds. The van der Waals surface area contributed by atoms with Crippen molar-refractivity contribution in [1.82, 2.24) is 4.90 Å². The minimum absolute atomic E-state index is 0.0337. The molecule has 1 saturated heterocycles. The van der Waals surface area contributed by atoms with Crippen molar-refractivity contribution in [3.63, 3.8) is 0 Å². The van der Waals surface area contributed by atoms with Crippen molar-refractivity contribution < 1.29 is 18.0 Å². The highest BCUT2D eigenvalue weighted by Crippen LogP contribution is 2.27. The van der Waals surface area contributed by atoms with E-state index in [0.29, 0.717) is 12.1 Å². The van der Waals surface area contributed by atoms with Gasteiger partial charge in [0.05, 0.1) is 11.5 Å². The monoisotopic (exact) mass is 352 g/mol. The van der Waals surface area contributed by atoms with Gasteiger partial charge in [-0.2, -0.15) is 0 Å². The fraction of sp³-hybridized carbons (Fsp3) is 0.529. The third-order valence-electron chi connectivity index (χ3n) is 4.59. The summed E-state index contributed by atoms with van der Waals surface area (Å²) in [5, 5.41) is 0. The van der Waals surface area contributed by atoms with Gasteiger partial charge in [-0.25, -0.2) is 8.42 Å². The fourth-order valence-corrected chi connectivity index (χ4v) is 4.74. The van der Waals surface area contributed by atoms with E-state index in [1.165, 1.54) is 9.80 Å². The predicted molar refractivity (Wildman–Crippen MR) is 93.5 cm³/mol. The number of carbonyl (C=O) groups excluding carboxylic acids is 2. The van der Waals surface area contributed by atoms with Gasteiger partial charge in [-0.3, -0.25) is 9.59 Å². The van der Waals surface area contributed by atoms with Crippen LogP contribution in [0.25, 0.3) is 0 Å². The van der Waals surface area contributed by atoms with E-state index in [1.54, 1.807) is 40.1 Å². The standard InChI is InChI=1S/C17H24N2O4S/c1-17(2,15(20)18(3)13-8-6-5-7-9-13)16(21)19(4)14-10-11-24(22,23)12-14/h5-9,14H,10-12H2,1-4H3. The molecule has 0 bridgehead atoms. The highest BCUT2D eigenvalue weighted by Gasteiger charge is 2.43. The van der Waals surface area contributed by atoms with E-state index in [0.717, 1.165) is 0 Å². The smallest absolute Gasteiger partial charge is 0.241 e. The first-order valence-electron chi connectivity index (χ1n) is 7.87. The van der Waals surface area contributed by atoms with E-state index in [2.05, 4.69) is 0 Å². The molecule has 132 valence electrons. The molecule has 1 aliphatic rings. The zero-order chi connectivity index (χ0) is 18.1. The number of sulfone groups is 1. The van der Waals surface area contributed by atoms with Crippen LogP contribution in [0.15, 0.2) is 30.3 Å². The van der Waals surface area contributed by atoms with E-state index in [1.807, 2.05) is 18.2 Å². The van der Waals surface area contributed by atoms with Crippen molar-refractivity contribution in [1.29, 1.82) is 0 Å². The minimum Gasteiger partial charge on any atom is -0.341 e. The van der Waals surface area contributed by atoms with Crippen LogP contribution in [-0.2, 0) is 19.4 Å². The molecule has 1 aromatic carbocycles. The SMILES string of the molecule is CN(C(=O)C(C)(C)C(=O)N(C)C1CCS(=O)(=O)C1)c1ccccc1. The molecule has 6 nitrogen and oxygen atoms in total. The van der Waals surface area contributed by atoms with Crippen LogP contribution < -0.4 is 4.90 Å². The first-order chi connectivity index (χ1) is 11.1. The Morgan fingerprint density at radius 2 is 1.67 bits per heavy atom. The quantitative estimate of drug-likeness (QED) is 0.766. The second kappa shape index (κ2) is 6.55. The molecule has 0 aromatic heterocycles. The third-order valence-corrected chi connectivity index (χ3v) is 6.34. The number of rotatable bonds is 4. The zero-order valence-electron chi connectivity index (χ0n) is 14.5. The summed E-state index contributed by atoms with van der Waals surface area (Å²) < 4.78 is 23.3. The molecule has 1 heterocycles. The third kappa shape index (κ3) is 3.61. The summed E-state index contributed by atoms with van der Waals surface area (Å²) in [6, 6.07) is 8.73. The molecule has 0 spiro atoms. The first kappa shape index (κ1) is 18.4. The van der Waals surface area contributed by atoms with Gasteiger partial charge in [-0.15, -0.1) is 0 Å². The highest BCUT2D eigenvalue weighted by molar-refractivity contribution is 7.91. The topological polar surface area (TPSA) is 74.8 Å². The summed E-state index contributed by atoms with van der Waals surface area (Å²) >= 11 is 0. The Balaban J connectivity index is 2.16. The van der Waals surface area contributed by atoms with E-state index in [4.69, 9.17) is 0 Å². The molecule has 0 saturated carbocycles. The minimum atomic E-state index is -3.09. The number of amides is 2. The maximum atomic E-state index is 12.8. The van der Waals surface area contributed by atoms with E-state index in [9.17, 15) is 18.0 Å². The molecule has 0 radical (unpaired) electrons. The van der Waals surface area contributed by atoms with E-state index < -0.39 is 15.3 Å². The van der Waals surface area contributed by atoms with E-state index in [-0.39, 0.29) is 29.4 Å². The molecule has 0 aliphatic carbocycles. The molecule has 24 heavy (non-hydrogen) atoms. The Kier molecular flexibility index (Phi) is 5.03. The molecule has 2 rings (SSSR count). The van der Waals surface area contributed by atoms with Gasteiger partial charge in [-0.1, -0.05) is 18.2 Å². The predicted octanol–water partition coefficient (Wildman–Crippen LogP) is 1.32. The first-order valence-corrected chi connectivity index (χ1v) is 9.69. The lowest BCUT2D eigenvalue weighted by Gasteiger charge is -2.34. The van der Waals surface area contributed by atoms with Crippen molar-refractivity contribution >= 4 is 27.3 Å². The molecule has 1 aromatic rings. The second-order valence-corrected chi connectivity index (χ2v) is 9.03. The number of anilines is 1. The lowest BCUT2D eigenvalue weighted by atomic mass is 9.89. The van der Waals surface area contributed by atoms with Crippen LogP contribution in [0, 0.1) is 5.41 Å². The van der Waals surface area contributed by atoms with Crippen LogP contribution in [0.2, 0.25) is 0 Å². The molecule has 7 heteroatoms. The van der Waals surface area contributed by atoms with Crippen molar-refractivity contribution in [3.05, 3.63) is 30.3 Å². The van der Waals surface area contributed by atoms with Gasteiger partial charge in [-0.05, 0) is 32.4 Å². The zero-order valence-corrected chi connectivity index (χ0v) is 15.3. The average Bonchev–Trinajstić information content (AvgIpc) is 2.92. The summed E-state index contributed by atoms with van der Waals surface area (Å²) in [6.45, 7) is 3.16. The van der Waals surface area contributed by atoms with Crippen LogP contribution in [0.5, 0.6) is 0 Å². The summed E-state index contributed by atoms with van der Waals surface area (Å²) in [5.74, 6) is -0.634. The number of hydrogen-bond donors (Lipinski definition) is 0. The van der Waals surface area contributed by atoms with E-state index >= 15 is 0 Å². The fourth-order valence-electron chi connectivity index (χ4n) is 2.97. The van der Waals surface area contributed by atoms with Gasteiger partial charge in [0.2, 0.25) is 11.8 Å². The van der Waals surface area contributed by atoms with Crippen molar-refractivity contribution in [2.24, 2.45) is 5.41 Å². The van der Waals surface area contributed by atoms with Crippen LogP contribution in [0.1, 0.15) is 20.3 Å². The normalized spacial score (nSPS) is 19.8. The molecule has 0 N–H and O–H groups in total. The lowest BCUT2D eigenvalue weighted by Crippen LogP contribution is -2.52. The maximum Gasteiger partial charge on any atom is 0.241 e. The lowest BCUT2D eigenvalue weighted by molar-refractivity contribution is -0.147. The average molecular weight is 352 g/mol. The Morgan fingerprint density at radius 1 is 1.08 bits per heavy atom. The van der Waals surface area contributed by atoms with Crippen LogP contribution in [0.4, 0.5) is 5.69 Å². The largest absolute Gasteiger partial charge is 0.341 e. The summed E-state index contributed by atoms with van der Waals surface area (Å²) in [6.07, 6.45) is 0.420. The summed E-state index contributed by atoms with van der Waals surface area (Å²) in [5.41, 5.74) is -0.569. The highest BCUT2D eigenvalue weighted by atomic mass is 32.2.